The second-order valence-electron chi connectivity index (χ2n) is 8.00. The number of aryl methyl sites for hydroxylation is 1. The van der Waals surface area contributed by atoms with Crippen molar-refractivity contribution >= 4 is 6.08 Å². The van der Waals surface area contributed by atoms with Gasteiger partial charge in [-0.1, -0.05) is 121 Å². The molecule has 30 heavy (non-hydrogen) atoms. The van der Waals surface area contributed by atoms with Crippen LogP contribution in [0.2, 0.25) is 0 Å². The average Bonchev–Trinajstić information content (AvgIpc) is 2.75. The fourth-order valence-corrected chi connectivity index (χ4v) is 3.93. The molecule has 4 aromatic carbocycles. The van der Waals surface area contributed by atoms with Gasteiger partial charge in [0, 0.05) is 0 Å². The summed E-state index contributed by atoms with van der Waals surface area (Å²) in [5.41, 5.74) is 9.42. The van der Waals surface area contributed by atoms with E-state index < -0.39 is 0 Å². The maximum absolute atomic E-state index is 2.37. The highest BCUT2D eigenvalue weighted by Crippen LogP contribution is 2.19. The van der Waals surface area contributed by atoms with Crippen LogP contribution in [0.1, 0.15) is 38.9 Å². The van der Waals surface area contributed by atoms with E-state index in [-0.39, 0.29) is 0 Å². The summed E-state index contributed by atoms with van der Waals surface area (Å²) in [5.74, 6) is 0. The number of hydrogen-bond acceptors (Lipinski definition) is 0. The molecule has 0 amide bonds. The minimum Gasteiger partial charge on any atom is -0.0795 e. The molecule has 0 atom stereocenters. The van der Waals surface area contributed by atoms with Gasteiger partial charge >= 0.3 is 0 Å². The molecule has 0 N–H and O–H groups in total. The molecule has 0 nitrogen and oxygen atoms in total. The lowest BCUT2D eigenvalue weighted by molar-refractivity contribution is 1.11. The lowest BCUT2D eigenvalue weighted by atomic mass is 9.95. The molecule has 0 aliphatic rings. The van der Waals surface area contributed by atoms with Gasteiger partial charge in [0.25, 0.3) is 0 Å². The van der Waals surface area contributed by atoms with Crippen LogP contribution in [0, 0.1) is 6.92 Å². The monoisotopic (exact) mass is 388 g/mol. The molecule has 0 heterocycles. The Labute approximate surface area is 180 Å². The Morgan fingerprint density at radius 2 is 1.10 bits per heavy atom. The summed E-state index contributed by atoms with van der Waals surface area (Å²) in [7, 11) is 0. The minimum absolute atomic E-state index is 0.943. The quantitative estimate of drug-likeness (QED) is 0.309. The van der Waals surface area contributed by atoms with Crippen molar-refractivity contribution in [2.45, 2.75) is 26.2 Å². The van der Waals surface area contributed by atoms with Crippen LogP contribution >= 0.6 is 0 Å². The van der Waals surface area contributed by atoms with Crippen molar-refractivity contribution in [2.75, 3.05) is 0 Å². The first-order chi connectivity index (χ1) is 14.7. The van der Waals surface area contributed by atoms with E-state index in [9.17, 15) is 0 Å². The predicted molar refractivity (Wildman–Crippen MR) is 129 cm³/mol. The number of benzene rings is 4. The van der Waals surface area contributed by atoms with Crippen LogP contribution < -0.4 is 0 Å². The van der Waals surface area contributed by atoms with Crippen LogP contribution in [0.5, 0.6) is 0 Å². The van der Waals surface area contributed by atoms with Gasteiger partial charge in [-0.2, -0.15) is 0 Å². The van der Waals surface area contributed by atoms with E-state index in [0.717, 1.165) is 19.3 Å². The molecule has 0 aliphatic heterocycles. The molecule has 4 aromatic rings. The van der Waals surface area contributed by atoms with Crippen LogP contribution in [-0.4, -0.2) is 0 Å². The van der Waals surface area contributed by atoms with Crippen LogP contribution in [-0.2, 0) is 19.3 Å². The third-order valence-corrected chi connectivity index (χ3v) is 5.32. The van der Waals surface area contributed by atoms with Gasteiger partial charge in [-0.25, -0.2) is 0 Å². The van der Waals surface area contributed by atoms with Gasteiger partial charge < -0.3 is 0 Å². The molecule has 0 unspecified atom stereocenters. The minimum atomic E-state index is 0.943. The van der Waals surface area contributed by atoms with Crippen molar-refractivity contribution in [2.24, 2.45) is 0 Å². The zero-order valence-corrected chi connectivity index (χ0v) is 17.6. The van der Waals surface area contributed by atoms with Crippen molar-refractivity contribution < 1.29 is 0 Å². The van der Waals surface area contributed by atoms with Crippen molar-refractivity contribution in [3.05, 3.63) is 148 Å². The van der Waals surface area contributed by atoms with E-state index in [4.69, 9.17) is 0 Å². The van der Waals surface area contributed by atoms with Crippen LogP contribution in [0.25, 0.3) is 6.08 Å². The fraction of sp³-hybridized carbons (Fsp3) is 0.133. The summed E-state index contributed by atoms with van der Waals surface area (Å²) in [4.78, 5) is 0. The smallest absolute Gasteiger partial charge is 0.00256 e. The molecule has 0 aliphatic carbocycles. The molecule has 0 heteroatoms. The molecule has 0 bridgehead atoms. The van der Waals surface area contributed by atoms with Gasteiger partial charge in [0.2, 0.25) is 0 Å². The highest BCUT2D eigenvalue weighted by Gasteiger charge is 2.04. The Balaban J connectivity index is 1.57. The van der Waals surface area contributed by atoms with E-state index in [0.29, 0.717) is 0 Å². The number of hydrogen-bond donors (Lipinski definition) is 0. The van der Waals surface area contributed by atoms with Crippen LogP contribution in [0.3, 0.4) is 0 Å². The molecule has 4 rings (SSSR count). The van der Waals surface area contributed by atoms with Crippen molar-refractivity contribution in [3.63, 3.8) is 0 Å². The van der Waals surface area contributed by atoms with Crippen molar-refractivity contribution in [1.29, 1.82) is 0 Å². The first kappa shape index (κ1) is 19.9. The topological polar surface area (TPSA) is 0 Å². The summed E-state index contributed by atoms with van der Waals surface area (Å²) < 4.78 is 0. The largest absolute Gasteiger partial charge is 0.0795 e. The van der Waals surface area contributed by atoms with E-state index in [1.54, 1.807) is 0 Å². The molecule has 0 fully saturated rings. The zero-order chi connectivity index (χ0) is 20.6. The van der Waals surface area contributed by atoms with Gasteiger partial charge in [-0.3, -0.25) is 0 Å². The summed E-state index contributed by atoms with van der Waals surface area (Å²) in [5, 5.41) is 0. The predicted octanol–water partition coefficient (Wildman–Crippen LogP) is 7.43. The molecule has 148 valence electrons. The second-order valence-corrected chi connectivity index (χ2v) is 8.00. The Kier molecular flexibility index (Phi) is 6.57. The van der Waals surface area contributed by atoms with Crippen molar-refractivity contribution in [3.8, 4) is 0 Å². The fourth-order valence-electron chi connectivity index (χ4n) is 3.93. The molecule has 0 spiro atoms. The van der Waals surface area contributed by atoms with Gasteiger partial charge in [0.15, 0.2) is 0 Å². The van der Waals surface area contributed by atoms with Crippen LogP contribution in [0.4, 0.5) is 0 Å². The number of allylic oxidation sites excluding steroid dienone is 1. The Morgan fingerprint density at radius 3 is 1.67 bits per heavy atom. The Bertz CT molecular complexity index is 1050. The molecule has 0 aromatic heterocycles. The molecule has 0 saturated heterocycles. The summed E-state index contributed by atoms with van der Waals surface area (Å²) in [6, 6.07) is 37.2. The number of rotatable bonds is 7. The SMILES string of the molecule is Cc1cccc(C=CCc2cc(Cc3ccccc3)cc(Cc3ccccc3)c2)c1. The van der Waals surface area contributed by atoms with E-state index in [1.165, 1.54) is 38.9 Å². The molecule has 0 saturated carbocycles. The maximum Gasteiger partial charge on any atom is -0.00256 e. The van der Waals surface area contributed by atoms with Gasteiger partial charge in [0.1, 0.15) is 0 Å². The Morgan fingerprint density at radius 1 is 0.533 bits per heavy atom. The zero-order valence-electron chi connectivity index (χ0n) is 17.6. The standard InChI is InChI=1S/C30H28/c1-24-10-8-15-25(18-24)16-9-17-28-21-29(19-26-11-4-2-5-12-26)23-30(22-28)20-27-13-6-3-7-14-27/h2-16,18,21-23H,17,19-20H2,1H3. The highest BCUT2D eigenvalue weighted by molar-refractivity contribution is 5.51. The summed E-state index contributed by atoms with van der Waals surface area (Å²) in [6.07, 6.45) is 7.39. The van der Waals surface area contributed by atoms with Gasteiger partial charge in [-0.05, 0) is 59.6 Å². The van der Waals surface area contributed by atoms with E-state index in [2.05, 4.69) is 122 Å². The first-order valence-corrected chi connectivity index (χ1v) is 10.7. The summed E-state index contributed by atoms with van der Waals surface area (Å²) >= 11 is 0. The first-order valence-electron chi connectivity index (χ1n) is 10.7. The highest BCUT2D eigenvalue weighted by atomic mass is 14.1. The van der Waals surface area contributed by atoms with E-state index >= 15 is 0 Å². The average molecular weight is 389 g/mol. The normalized spacial score (nSPS) is 11.1. The lowest BCUT2D eigenvalue weighted by Crippen LogP contribution is -1.96. The second kappa shape index (κ2) is 9.89. The Hall–Kier alpha value is -3.38. The summed E-state index contributed by atoms with van der Waals surface area (Å²) in [6.45, 7) is 2.14. The van der Waals surface area contributed by atoms with Gasteiger partial charge in [0.05, 0.1) is 0 Å². The molecule has 0 radical (unpaired) electrons. The van der Waals surface area contributed by atoms with Crippen LogP contribution in [0.15, 0.2) is 109 Å². The van der Waals surface area contributed by atoms with E-state index in [1.807, 2.05) is 0 Å². The maximum atomic E-state index is 2.37. The van der Waals surface area contributed by atoms with Crippen molar-refractivity contribution in [1.82, 2.24) is 0 Å². The molecular weight excluding hydrogens is 360 g/mol. The molecular formula is C30H28. The third kappa shape index (κ3) is 5.81. The third-order valence-electron chi connectivity index (χ3n) is 5.32. The lowest BCUT2D eigenvalue weighted by Gasteiger charge is -2.10. The van der Waals surface area contributed by atoms with Gasteiger partial charge in [-0.15, -0.1) is 0 Å².